The number of nitrogens with zero attached hydrogens (tertiary/aromatic N) is 1. The predicted molar refractivity (Wildman–Crippen MR) is 120 cm³/mol. The molecule has 1 saturated heterocycles. The first-order valence-corrected chi connectivity index (χ1v) is 11.2. The van der Waals surface area contributed by atoms with Gasteiger partial charge in [-0.2, -0.15) is 0 Å². The molecule has 1 amide bonds. The molecule has 1 unspecified atom stereocenters. The van der Waals surface area contributed by atoms with Gasteiger partial charge >= 0.3 is 0 Å². The van der Waals surface area contributed by atoms with Gasteiger partial charge in [0.05, 0.1) is 12.7 Å². The van der Waals surface area contributed by atoms with Crippen molar-refractivity contribution in [1.82, 2.24) is 10.2 Å². The van der Waals surface area contributed by atoms with Crippen LogP contribution >= 0.6 is 0 Å². The Balaban J connectivity index is 1.31. The van der Waals surface area contributed by atoms with Crippen LogP contribution in [0.5, 0.6) is 17.2 Å². The molecule has 6 nitrogen and oxygen atoms in total. The standard InChI is InChI=1S/C25H32N2O4/c1-18(17-30-20-6-4-3-5-7-20)27-14-12-21(13-15-27)31-24-16-22(29-2)10-11-23(24)25(28)26-19-8-9-19/h3-7,10-11,16,18-19,21H,8-9,12-15,17H2,1-2H3,(H,26,28). The zero-order valence-electron chi connectivity index (χ0n) is 18.4. The summed E-state index contributed by atoms with van der Waals surface area (Å²) in [5.41, 5.74) is 0.583. The molecule has 4 rings (SSSR count). The molecule has 6 heteroatoms. The number of likely N-dealkylation sites (tertiary alicyclic amines) is 1. The number of amides is 1. The molecule has 1 aliphatic carbocycles. The maximum Gasteiger partial charge on any atom is 0.255 e. The topological polar surface area (TPSA) is 60.0 Å². The summed E-state index contributed by atoms with van der Waals surface area (Å²) in [6, 6.07) is 16.0. The fourth-order valence-corrected chi connectivity index (χ4v) is 3.86. The summed E-state index contributed by atoms with van der Waals surface area (Å²) < 4.78 is 17.6. The lowest BCUT2D eigenvalue weighted by Gasteiger charge is -2.36. The van der Waals surface area contributed by atoms with Crippen LogP contribution in [0.3, 0.4) is 0 Å². The first-order valence-electron chi connectivity index (χ1n) is 11.2. The van der Waals surface area contributed by atoms with Gasteiger partial charge in [-0.05, 0) is 56.9 Å². The fourth-order valence-electron chi connectivity index (χ4n) is 3.86. The summed E-state index contributed by atoms with van der Waals surface area (Å²) in [6.07, 6.45) is 4.02. The zero-order valence-corrected chi connectivity index (χ0v) is 18.4. The molecular weight excluding hydrogens is 392 g/mol. The molecule has 2 aliphatic rings. The van der Waals surface area contributed by atoms with Crippen LogP contribution in [0.2, 0.25) is 0 Å². The Bertz CT molecular complexity index is 861. The number of methoxy groups -OCH3 is 1. The van der Waals surface area contributed by atoms with Gasteiger partial charge in [0.2, 0.25) is 0 Å². The summed E-state index contributed by atoms with van der Waals surface area (Å²) in [5, 5.41) is 3.05. The molecule has 166 valence electrons. The monoisotopic (exact) mass is 424 g/mol. The molecule has 1 heterocycles. The smallest absolute Gasteiger partial charge is 0.255 e. The zero-order chi connectivity index (χ0) is 21.6. The third-order valence-corrected chi connectivity index (χ3v) is 5.97. The van der Waals surface area contributed by atoms with Crippen molar-refractivity contribution >= 4 is 5.91 Å². The van der Waals surface area contributed by atoms with E-state index in [0.717, 1.165) is 44.5 Å². The molecule has 0 spiro atoms. The molecule has 2 fully saturated rings. The average Bonchev–Trinajstić information content (AvgIpc) is 3.62. The Labute approximate surface area is 184 Å². The summed E-state index contributed by atoms with van der Waals surface area (Å²) in [4.78, 5) is 15.1. The van der Waals surface area contributed by atoms with Crippen molar-refractivity contribution in [2.75, 3.05) is 26.8 Å². The van der Waals surface area contributed by atoms with Crippen molar-refractivity contribution in [2.45, 2.75) is 50.8 Å². The molecular formula is C25H32N2O4. The Hall–Kier alpha value is -2.73. The highest BCUT2D eigenvalue weighted by Crippen LogP contribution is 2.29. The van der Waals surface area contributed by atoms with Crippen molar-refractivity contribution in [1.29, 1.82) is 0 Å². The summed E-state index contributed by atoms with van der Waals surface area (Å²) in [5.74, 6) is 2.14. The molecule has 31 heavy (non-hydrogen) atoms. The van der Waals surface area contributed by atoms with Gasteiger partial charge in [-0.3, -0.25) is 9.69 Å². The highest BCUT2D eigenvalue weighted by molar-refractivity contribution is 5.97. The van der Waals surface area contributed by atoms with E-state index >= 15 is 0 Å². The third kappa shape index (κ3) is 5.91. The summed E-state index contributed by atoms with van der Waals surface area (Å²) >= 11 is 0. The number of rotatable bonds is 9. The molecule has 1 aliphatic heterocycles. The predicted octanol–water partition coefficient (Wildman–Crippen LogP) is 3.90. The molecule has 0 aromatic heterocycles. The largest absolute Gasteiger partial charge is 0.497 e. The first kappa shape index (κ1) is 21.5. The molecule has 0 bridgehead atoms. The van der Waals surface area contributed by atoms with E-state index in [0.29, 0.717) is 35.8 Å². The van der Waals surface area contributed by atoms with E-state index in [4.69, 9.17) is 14.2 Å². The van der Waals surface area contributed by atoms with Crippen LogP contribution in [0.1, 0.15) is 43.0 Å². The van der Waals surface area contributed by atoms with Gasteiger partial charge in [0, 0.05) is 31.2 Å². The summed E-state index contributed by atoms with van der Waals surface area (Å²) in [6.45, 7) is 4.75. The number of carbonyl (C=O) groups is 1. The maximum absolute atomic E-state index is 12.6. The van der Waals surface area contributed by atoms with Gasteiger partial charge in [0.1, 0.15) is 30.0 Å². The SMILES string of the molecule is COc1ccc(C(=O)NC2CC2)c(OC2CCN(C(C)COc3ccccc3)CC2)c1. The first-order chi connectivity index (χ1) is 15.1. The molecule has 2 aromatic rings. The minimum atomic E-state index is -0.0655. The number of nitrogens with one attached hydrogen (secondary N) is 1. The number of para-hydroxylation sites is 1. The number of ether oxygens (including phenoxy) is 3. The Kier molecular flexibility index (Phi) is 6.97. The van der Waals surface area contributed by atoms with Gasteiger partial charge in [-0.15, -0.1) is 0 Å². The van der Waals surface area contributed by atoms with E-state index in [9.17, 15) is 4.79 Å². The fraction of sp³-hybridized carbons (Fsp3) is 0.480. The van der Waals surface area contributed by atoms with Crippen LogP contribution in [0, 0.1) is 0 Å². The number of benzene rings is 2. The average molecular weight is 425 g/mol. The highest BCUT2D eigenvalue weighted by atomic mass is 16.5. The normalized spacial score (nSPS) is 18.3. The lowest BCUT2D eigenvalue weighted by Crippen LogP contribution is -2.45. The van der Waals surface area contributed by atoms with Crippen LogP contribution in [0.15, 0.2) is 48.5 Å². The second kappa shape index (κ2) is 10.1. The van der Waals surface area contributed by atoms with E-state index in [1.807, 2.05) is 42.5 Å². The Morgan fingerprint density at radius 2 is 1.81 bits per heavy atom. The van der Waals surface area contributed by atoms with Gasteiger partial charge in [-0.25, -0.2) is 0 Å². The van der Waals surface area contributed by atoms with E-state index in [-0.39, 0.29) is 12.0 Å². The second-order valence-electron chi connectivity index (χ2n) is 8.44. The Morgan fingerprint density at radius 1 is 1.06 bits per heavy atom. The van der Waals surface area contributed by atoms with Crippen molar-refractivity contribution in [3.05, 3.63) is 54.1 Å². The van der Waals surface area contributed by atoms with Gasteiger partial charge < -0.3 is 19.5 Å². The van der Waals surface area contributed by atoms with Crippen LogP contribution in [-0.4, -0.2) is 55.8 Å². The van der Waals surface area contributed by atoms with Crippen LogP contribution in [-0.2, 0) is 0 Å². The maximum atomic E-state index is 12.6. The van der Waals surface area contributed by atoms with E-state index in [1.165, 1.54) is 0 Å². The van der Waals surface area contributed by atoms with Crippen LogP contribution in [0.4, 0.5) is 0 Å². The van der Waals surface area contributed by atoms with Crippen molar-refractivity contribution in [3.63, 3.8) is 0 Å². The number of hydrogen-bond acceptors (Lipinski definition) is 5. The minimum absolute atomic E-state index is 0.0655. The third-order valence-electron chi connectivity index (χ3n) is 5.97. The minimum Gasteiger partial charge on any atom is -0.497 e. The number of carbonyl (C=O) groups excluding carboxylic acids is 1. The quantitative estimate of drug-likeness (QED) is 0.662. The second-order valence-corrected chi connectivity index (χ2v) is 8.44. The Morgan fingerprint density at radius 3 is 2.48 bits per heavy atom. The lowest BCUT2D eigenvalue weighted by atomic mass is 10.1. The molecule has 2 aromatic carbocycles. The van der Waals surface area contributed by atoms with Crippen molar-refractivity contribution in [3.8, 4) is 17.2 Å². The van der Waals surface area contributed by atoms with E-state index in [2.05, 4.69) is 17.1 Å². The number of hydrogen-bond donors (Lipinski definition) is 1. The van der Waals surface area contributed by atoms with E-state index < -0.39 is 0 Å². The van der Waals surface area contributed by atoms with Crippen LogP contribution < -0.4 is 19.5 Å². The molecule has 0 radical (unpaired) electrons. The van der Waals surface area contributed by atoms with Gasteiger partial charge in [-0.1, -0.05) is 18.2 Å². The van der Waals surface area contributed by atoms with Gasteiger partial charge in [0.15, 0.2) is 0 Å². The molecule has 1 N–H and O–H groups in total. The lowest BCUT2D eigenvalue weighted by molar-refractivity contribution is 0.0627. The van der Waals surface area contributed by atoms with Crippen molar-refractivity contribution in [2.24, 2.45) is 0 Å². The van der Waals surface area contributed by atoms with Crippen LogP contribution in [0.25, 0.3) is 0 Å². The summed E-state index contributed by atoms with van der Waals surface area (Å²) in [7, 11) is 1.63. The van der Waals surface area contributed by atoms with Gasteiger partial charge in [0.25, 0.3) is 5.91 Å². The highest BCUT2D eigenvalue weighted by Gasteiger charge is 2.28. The molecule has 1 atom stereocenters. The van der Waals surface area contributed by atoms with Crippen molar-refractivity contribution < 1.29 is 19.0 Å². The molecule has 1 saturated carbocycles. The number of piperidine rings is 1. The van der Waals surface area contributed by atoms with E-state index in [1.54, 1.807) is 13.2 Å².